The smallest absolute Gasteiger partial charge is 0.417 e. The van der Waals surface area contributed by atoms with Crippen molar-refractivity contribution in [1.82, 2.24) is 4.90 Å². The fraction of sp³-hybridized carbons (Fsp3) is 0.385. The summed E-state index contributed by atoms with van der Waals surface area (Å²) in [4.78, 5) is 24.2. The molecule has 1 heterocycles. The highest BCUT2D eigenvalue weighted by molar-refractivity contribution is 5.97. The van der Waals surface area contributed by atoms with E-state index in [1.165, 1.54) is 4.90 Å². The van der Waals surface area contributed by atoms with Crippen molar-refractivity contribution in [1.29, 1.82) is 0 Å². The largest absolute Gasteiger partial charge is 0.478 e. The Kier molecular flexibility index (Phi) is 3.69. The monoisotopic (exact) mass is 287 g/mol. The van der Waals surface area contributed by atoms with E-state index in [0.717, 1.165) is 25.0 Å². The number of hydrogen-bond donors (Lipinski definition) is 1. The summed E-state index contributed by atoms with van der Waals surface area (Å²) in [6.45, 7) is 0.855. The summed E-state index contributed by atoms with van der Waals surface area (Å²) in [7, 11) is 0. The quantitative estimate of drug-likeness (QED) is 0.909. The predicted octanol–water partition coefficient (Wildman–Crippen LogP) is 2.64. The molecule has 0 atom stereocenters. The molecule has 108 valence electrons. The van der Waals surface area contributed by atoms with E-state index in [4.69, 9.17) is 5.11 Å². The SMILES string of the molecule is O=C(O)c1ccc(C(=O)N2CCCC2)c(C(F)(F)F)c1. The zero-order valence-corrected chi connectivity index (χ0v) is 10.4. The van der Waals surface area contributed by atoms with Gasteiger partial charge in [0, 0.05) is 13.1 Å². The second-order valence-corrected chi connectivity index (χ2v) is 4.56. The third kappa shape index (κ3) is 2.76. The second kappa shape index (κ2) is 5.15. The van der Waals surface area contributed by atoms with Gasteiger partial charge >= 0.3 is 12.1 Å². The molecule has 1 amide bonds. The third-order valence-electron chi connectivity index (χ3n) is 3.20. The molecular weight excluding hydrogens is 275 g/mol. The third-order valence-corrected chi connectivity index (χ3v) is 3.20. The van der Waals surface area contributed by atoms with Crippen LogP contribution in [0.4, 0.5) is 13.2 Å². The van der Waals surface area contributed by atoms with Gasteiger partial charge in [-0.15, -0.1) is 0 Å². The van der Waals surface area contributed by atoms with Crippen LogP contribution in [0.1, 0.15) is 39.1 Å². The highest BCUT2D eigenvalue weighted by Gasteiger charge is 2.37. The van der Waals surface area contributed by atoms with Gasteiger partial charge in [-0.3, -0.25) is 4.79 Å². The van der Waals surface area contributed by atoms with Gasteiger partial charge < -0.3 is 10.0 Å². The number of likely N-dealkylation sites (tertiary alicyclic amines) is 1. The van der Waals surface area contributed by atoms with Crippen molar-refractivity contribution in [3.8, 4) is 0 Å². The fourth-order valence-electron chi connectivity index (χ4n) is 2.19. The van der Waals surface area contributed by atoms with Gasteiger partial charge in [-0.25, -0.2) is 4.79 Å². The molecule has 1 aliphatic rings. The molecule has 1 N–H and O–H groups in total. The molecule has 0 aliphatic carbocycles. The average molecular weight is 287 g/mol. The van der Waals surface area contributed by atoms with Crippen LogP contribution in [0.5, 0.6) is 0 Å². The first-order valence-corrected chi connectivity index (χ1v) is 6.04. The Morgan fingerprint density at radius 2 is 1.75 bits per heavy atom. The van der Waals surface area contributed by atoms with Gasteiger partial charge in [0.15, 0.2) is 0 Å². The van der Waals surface area contributed by atoms with E-state index >= 15 is 0 Å². The number of carbonyl (C=O) groups is 2. The number of rotatable bonds is 2. The van der Waals surface area contributed by atoms with Gasteiger partial charge in [0.1, 0.15) is 0 Å². The van der Waals surface area contributed by atoms with E-state index < -0.39 is 34.7 Å². The van der Waals surface area contributed by atoms with Crippen molar-refractivity contribution < 1.29 is 27.9 Å². The number of nitrogens with zero attached hydrogens (tertiary/aromatic N) is 1. The van der Waals surface area contributed by atoms with Crippen LogP contribution in [-0.4, -0.2) is 35.0 Å². The summed E-state index contributed by atoms with van der Waals surface area (Å²) < 4.78 is 38.9. The Balaban J connectivity index is 2.46. The van der Waals surface area contributed by atoms with E-state index in [1.807, 2.05) is 0 Å². The molecule has 0 spiro atoms. The van der Waals surface area contributed by atoms with Crippen molar-refractivity contribution in [3.63, 3.8) is 0 Å². The van der Waals surface area contributed by atoms with Crippen LogP contribution >= 0.6 is 0 Å². The molecular formula is C13H12F3NO3. The molecule has 1 aromatic rings. The maximum atomic E-state index is 13.0. The number of hydrogen-bond acceptors (Lipinski definition) is 2. The van der Waals surface area contributed by atoms with Crippen molar-refractivity contribution >= 4 is 11.9 Å². The molecule has 0 aromatic heterocycles. The summed E-state index contributed by atoms with van der Waals surface area (Å²) in [5.74, 6) is -2.16. The minimum Gasteiger partial charge on any atom is -0.478 e. The molecule has 0 radical (unpaired) electrons. The van der Waals surface area contributed by atoms with E-state index in [9.17, 15) is 22.8 Å². The summed E-state index contributed by atoms with van der Waals surface area (Å²) >= 11 is 0. The topological polar surface area (TPSA) is 57.6 Å². The number of benzene rings is 1. The Bertz CT molecular complexity index is 548. The number of carboxylic acid groups (broad SMARTS) is 1. The van der Waals surface area contributed by atoms with Gasteiger partial charge in [0.2, 0.25) is 0 Å². The van der Waals surface area contributed by atoms with Crippen LogP contribution in [0.15, 0.2) is 18.2 Å². The van der Waals surface area contributed by atoms with E-state index in [2.05, 4.69) is 0 Å². The first-order valence-electron chi connectivity index (χ1n) is 6.04. The maximum Gasteiger partial charge on any atom is 0.417 e. The van der Waals surface area contributed by atoms with Crippen molar-refractivity contribution in [2.24, 2.45) is 0 Å². The number of amides is 1. The molecule has 0 bridgehead atoms. The fourth-order valence-corrected chi connectivity index (χ4v) is 2.19. The van der Waals surface area contributed by atoms with Crippen LogP contribution in [0.2, 0.25) is 0 Å². The number of carboxylic acids is 1. The zero-order valence-electron chi connectivity index (χ0n) is 10.4. The van der Waals surface area contributed by atoms with Crippen molar-refractivity contribution in [2.45, 2.75) is 19.0 Å². The molecule has 1 fully saturated rings. The van der Waals surface area contributed by atoms with E-state index in [1.54, 1.807) is 0 Å². The van der Waals surface area contributed by atoms with Crippen molar-refractivity contribution in [3.05, 3.63) is 34.9 Å². The molecule has 0 unspecified atom stereocenters. The zero-order chi connectivity index (χ0) is 14.9. The van der Waals surface area contributed by atoms with E-state index in [-0.39, 0.29) is 0 Å². The first-order chi connectivity index (χ1) is 9.30. The second-order valence-electron chi connectivity index (χ2n) is 4.56. The molecule has 1 aliphatic heterocycles. The lowest BCUT2D eigenvalue weighted by atomic mass is 10.0. The van der Waals surface area contributed by atoms with Crippen LogP contribution in [-0.2, 0) is 6.18 Å². The summed E-state index contributed by atoms with van der Waals surface area (Å²) in [6, 6.07) is 2.46. The standard InChI is InChI=1S/C13H12F3NO3/c14-13(15,16)10-7-8(12(19)20)3-4-9(10)11(18)17-5-1-2-6-17/h3-4,7H,1-2,5-6H2,(H,19,20). The number of halogens is 3. The minimum absolute atomic E-state index is 0.427. The van der Waals surface area contributed by atoms with Crippen LogP contribution in [0.25, 0.3) is 0 Å². The number of alkyl halides is 3. The normalized spacial score (nSPS) is 15.4. The molecule has 0 saturated carbocycles. The lowest BCUT2D eigenvalue weighted by Gasteiger charge is -2.19. The molecule has 2 rings (SSSR count). The minimum atomic E-state index is -4.77. The molecule has 4 nitrogen and oxygen atoms in total. The maximum absolute atomic E-state index is 13.0. The number of aromatic carboxylic acids is 1. The first kappa shape index (κ1) is 14.4. The van der Waals surface area contributed by atoms with E-state index in [0.29, 0.717) is 19.2 Å². The molecule has 1 aromatic carbocycles. The van der Waals surface area contributed by atoms with Crippen LogP contribution < -0.4 is 0 Å². The highest BCUT2D eigenvalue weighted by Crippen LogP contribution is 2.33. The van der Waals surface area contributed by atoms with Crippen LogP contribution in [0, 0.1) is 0 Å². The molecule has 1 saturated heterocycles. The van der Waals surface area contributed by atoms with Gasteiger partial charge in [0.05, 0.1) is 16.7 Å². The van der Waals surface area contributed by atoms with Crippen molar-refractivity contribution in [2.75, 3.05) is 13.1 Å². The highest BCUT2D eigenvalue weighted by atomic mass is 19.4. The predicted molar refractivity (Wildman–Crippen MR) is 63.5 cm³/mol. The number of carbonyl (C=O) groups excluding carboxylic acids is 1. The Hall–Kier alpha value is -2.05. The van der Waals surface area contributed by atoms with Crippen LogP contribution in [0.3, 0.4) is 0 Å². The Labute approximate surface area is 112 Å². The summed E-state index contributed by atoms with van der Waals surface area (Å²) in [6.07, 6.45) is -3.24. The lowest BCUT2D eigenvalue weighted by molar-refractivity contribution is -0.138. The summed E-state index contributed by atoms with van der Waals surface area (Å²) in [5, 5.41) is 8.75. The van der Waals surface area contributed by atoms with Gasteiger partial charge in [-0.1, -0.05) is 0 Å². The Morgan fingerprint density at radius 3 is 2.25 bits per heavy atom. The molecule has 7 heteroatoms. The van der Waals surface area contributed by atoms with Gasteiger partial charge in [0.25, 0.3) is 5.91 Å². The molecule has 20 heavy (non-hydrogen) atoms. The average Bonchev–Trinajstić information content (AvgIpc) is 2.90. The lowest BCUT2D eigenvalue weighted by Crippen LogP contribution is -2.30. The Morgan fingerprint density at radius 1 is 1.15 bits per heavy atom. The van der Waals surface area contributed by atoms with Gasteiger partial charge in [-0.05, 0) is 31.0 Å². The van der Waals surface area contributed by atoms with Gasteiger partial charge in [-0.2, -0.15) is 13.2 Å². The summed E-state index contributed by atoms with van der Waals surface area (Å²) in [5.41, 5.74) is -2.19.